The first-order valence-electron chi connectivity index (χ1n) is 8.51. The van der Waals surface area contributed by atoms with Gasteiger partial charge >= 0.3 is 0 Å². The van der Waals surface area contributed by atoms with Crippen molar-refractivity contribution < 1.29 is 4.79 Å². The second-order valence-electron chi connectivity index (χ2n) is 7.29. The fraction of sp³-hybridized carbons (Fsp3) is 0.550. The first-order valence-corrected chi connectivity index (χ1v) is 8.51. The number of amides is 1. The molecule has 1 atom stereocenters. The van der Waals surface area contributed by atoms with E-state index in [-0.39, 0.29) is 11.3 Å². The Hall–Kier alpha value is -1.57. The number of benzene rings is 1. The summed E-state index contributed by atoms with van der Waals surface area (Å²) in [5, 5.41) is 0. The SMILES string of the molecule is CCC1CCCCN1C(=O)C=Cc1ccc(C(C)(C)C)cc1. The van der Waals surface area contributed by atoms with Crippen LogP contribution in [0, 0.1) is 0 Å². The molecule has 1 heterocycles. The third-order valence-corrected chi connectivity index (χ3v) is 4.58. The van der Waals surface area contributed by atoms with E-state index in [1.165, 1.54) is 12.0 Å². The summed E-state index contributed by atoms with van der Waals surface area (Å²) in [6.07, 6.45) is 8.27. The number of hydrogen-bond donors (Lipinski definition) is 0. The van der Waals surface area contributed by atoms with Crippen LogP contribution in [0.1, 0.15) is 64.5 Å². The van der Waals surface area contributed by atoms with Crippen LogP contribution in [0.5, 0.6) is 0 Å². The van der Waals surface area contributed by atoms with Gasteiger partial charge < -0.3 is 4.90 Å². The smallest absolute Gasteiger partial charge is 0.246 e. The van der Waals surface area contributed by atoms with E-state index in [1.54, 1.807) is 6.08 Å². The van der Waals surface area contributed by atoms with Crippen LogP contribution in [0.3, 0.4) is 0 Å². The van der Waals surface area contributed by atoms with E-state index in [1.807, 2.05) is 11.0 Å². The molecular formula is C20H29NO. The van der Waals surface area contributed by atoms with Gasteiger partial charge in [-0.2, -0.15) is 0 Å². The highest BCUT2D eigenvalue weighted by Gasteiger charge is 2.23. The maximum absolute atomic E-state index is 12.4. The van der Waals surface area contributed by atoms with Gasteiger partial charge in [0.25, 0.3) is 0 Å². The molecule has 2 nitrogen and oxygen atoms in total. The van der Waals surface area contributed by atoms with Gasteiger partial charge in [-0.1, -0.05) is 52.0 Å². The fourth-order valence-electron chi connectivity index (χ4n) is 3.07. The van der Waals surface area contributed by atoms with E-state index in [4.69, 9.17) is 0 Å². The highest BCUT2D eigenvalue weighted by Crippen LogP contribution is 2.23. The summed E-state index contributed by atoms with van der Waals surface area (Å²) >= 11 is 0. The van der Waals surface area contributed by atoms with Gasteiger partial charge in [-0.05, 0) is 48.3 Å². The average Bonchev–Trinajstić information content (AvgIpc) is 2.52. The van der Waals surface area contributed by atoms with E-state index >= 15 is 0 Å². The molecular weight excluding hydrogens is 270 g/mol. The zero-order chi connectivity index (χ0) is 16.2. The largest absolute Gasteiger partial charge is 0.336 e. The summed E-state index contributed by atoms with van der Waals surface area (Å²) in [7, 11) is 0. The molecule has 120 valence electrons. The van der Waals surface area contributed by atoms with Gasteiger partial charge in [0, 0.05) is 18.7 Å². The van der Waals surface area contributed by atoms with Gasteiger partial charge in [-0.3, -0.25) is 4.79 Å². The van der Waals surface area contributed by atoms with Crippen molar-refractivity contribution in [3.05, 3.63) is 41.5 Å². The van der Waals surface area contributed by atoms with E-state index in [9.17, 15) is 4.79 Å². The number of carbonyl (C=O) groups excluding carboxylic acids is 1. The number of likely N-dealkylation sites (tertiary alicyclic amines) is 1. The van der Waals surface area contributed by atoms with Crippen molar-refractivity contribution >= 4 is 12.0 Å². The minimum absolute atomic E-state index is 0.159. The molecule has 2 heteroatoms. The van der Waals surface area contributed by atoms with Gasteiger partial charge in [0.15, 0.2) is 0 Å². The van der Waals surface area contributed by atoms with Crippen molar-refractivity contribution in [2.24, 2.45) is 0 Å². The number of rotatable bonds is 3. The van der Waals surface area contributed by atoms with Gasteiger partial charge in [0.05, 0.1) is 0 Å². The van der Waals surface area contributed by atoms with Crippen LogP contribution in [-0.2, 0) is 10.2 Å². The average molecular weight is 299 g/mol. The first-order chi connectivity index (χ1) is 10.4. The van der Waals surface area contributed by atoms with Crippen LogP contribution in [0.4, 0.5) is 0 Å². The molecule has 0 radical (unpaired) electrons. The molecule has 2 rings (SSSR count). The van der Waals surface area contributed by atoms with Crippen LogP contribution < -0.4 is 0 Å². The molecule has 0 aromatic heterocycles. The predicted octanol–water partition coefficient (Wildman–Crippen LogP) is 4.79. The summed E-state index contributed by atoms with van der Waals surface area (Å²) in [5.41, 5.74) is 2.57. The fourth-order valence-corrected chi connectivity index (χ4v) is 3.07. The molecule has 0 saturated carbocycles. The van der Waals surface area contributed by atoms with E-state index in [0.717, 1.165) is 31.4 Å². The highest BCUT2D eigenvalue weighted by molar-refractivity contribution is 5.92. The number of piperidine rings is 1. The Balaban J connectivity index is 2.03. The quantitative estimate of drug-likeness (QED) is 0.735. The Morgan fingerprint density at radius 1 is 1.23 bits per heavy atom. The standard InChI is InChI=1S/C20H29NO/c1-5-18-8-6-7-15-21(18)19(22)14-11-16-9-12-17(13-10-16)20(2,3)4/h9-14,18H,5-8,15H2,1-4H3. The topological polar surface area (TPSA) is 20.3 Å². The molecule has 1 fully saturated rings. The third-order valence-electron chi connectivity index (χ3n) is 4.58. The summed E-state index contributed by atoms with van der Waals surface area (Å²) < 4.78 is 0. The molecule has 1 aliphatic heterocycles. The van der Waals surface area contributed by atoms with Gasteiger partial charge in [-0.25, -0.2) is 0 Å². The highest BCUT2D eigenvalue weighted by atomic mass is 16.2. The lowest BCUT2D eigenvalue weighted by Gasteiger charge is -2.34. The van der Waals surface area contributed by atoms with Crippen LogP contribution in [0.25, 0.3) is 6.08 Å². The molecule has 1 amide bonds. The van der Waals surface area contributed by atoms with Crippen molar-refractivity contribution in [3.63, 3.8) is 0 Å². The Labute approximate surface area is 135 Å². The second-order valence-corrected chi connectivity index (χ2v) is 7.29. The zero-order valence-corrected chi connectivity index (χ0v) is 14.4. The van der Waals surface area contributed by atoms with Crippen molar-refractivity contribution in [2.75, 3.05) is 6.54 Å². The van der Waals surface area contributed by atoms with Crippen molar-refractivity contribution in [1.29, 1.82) is 0 Å². The number of nitrogens with zero attached hydrogens (tertiary/aromatic N) is 1. The lowest BCUT2D eigenvalue weighted by atomic mass is 9.87. The summed E-state index contributed by atoms with van der Waals surface area (Å²) in [6, 6.07) is 8.92. The van der Waals surface area contributed by atoms with Gasteiger partial charge in [0.2, 0.25) is 5.91 Å². The van der Waals surface area contributed by atoms with Gasteiger partial charge in [0.1, 0.15) is 0 Å². The van der Waals surface area contributed by atoms with E-state index < -0.39 is 0 Å². The van der Waals surface area contributed by atoms with Crippen LogP contribution in [0.2, 0.25) is 0 Å². The minimum atomic E-state index is 0.159. The normalized spacial score (nSPS) is 19.6. The Morgan fingerprint density at radius 3 is 2.50 bits per heavy atom. The van der Waals surface area contributed by atoms with Crippen molar-refractivity contribution in [3.8, 4) is 0 Å². The molecule has 1 saturated heterocycles. The molecule has 0 aliphatic carbocycles. The second kappa shape index (κ2) is 7.13. The summed E-state index contributed by atoms with van der Waals surface area (Å²) in [4.78, 5) is 14.5. The van der Waals surface area contributed by atoms with Crippen LogP contribution in [0.15, 0.2) is 30.3 Å². The molecule has 22 heavy (non-hydrogen) atoms. The summed E-state index contributed by atoms with van der Waals surface area (Å²) in [6.45, 7) is 9.71. The Bertz CT molecular complexity index is 522. The van der Waals surface area contributed by atoms with E-state index in [2.05, 4.69) is 52.0 Å². The number of hydrogen-bond acceptors (Lipinski definition) is 1. The molecule has 0 bridgehead atoms. The van der Waals surface area contributed by atoms with E-state index in [0.29, 0.717) is 6.04 Å². The maximum Gasteiger partial charge on any atom is 0.246 e. The lowest BCUT2D eigenvalue weighted by molar-refractivity contribution is -0.129. The molecule has 1 aliphatic rings. The molecule has 1 aromatic rings. The van der Waals surface area contributed by atoms with Crippen molar-refractivity contribution in [2.45, 2.75) is 64.8 Å². The molecule has 1 unspecified atom stereocenters. The maximum atomic E-state index is 12.4. The Morgan fingerprint density at radius 2 is 1.91 bits per heavy atom. The van der Waals surface area contributed by atoms with Crippen LogP contribution in [-0.4, -0.2) is 23.4 Å². The Kier molecular flexibility index (Phi) is 5.44. The van der Waals surface area contributed by atoms with Gasteiger partial charge in [-0.15, -0.1) is 0 Å². The molecule has 0 N–H and O–H groups in total. The first kappa shape index (κ1) is 16.8. The minimum Gasteiger partial charge on any atom is -0.336 e. The molecule has 0 spiro atoms. The third kappa shape index (κ3) is 4.22. The molecule has 1 aromatic carbocycles. The van der Waals surface area contributed by atoms with Crippen LogP contribution >= 0.6 is 0 Å². The lowest BCUT2D eigenvalue weighted by Crippen LogP contribution is -2.42. The van der Waals surface area contributed by atoms with Crippen molar-refractivity contribution in [1.82, 2.24) is 4.90 Å². The summed E-state index contributed by atoms with van der Waals surface area (Å²) in [5.74, 6) is 0.159. The monoisotopic (exact) mass is 299 g/mol. The predicted molar refractivity (Wildman–Crippen MR) is 93.8 cm³/mol. The zero-order valence-electron chi connectivity index (χ0n) is 14.4. The number of carbonyl (C=O) groups is 1.